The normalized spacial score (nSPS) is 10.4. The highest BCUT2D eigenvalue weighted by molar-refractivity contribution is 5.73. The van der Waals surface area contributed by atoms with Crippen molar-refractivity contribution in [2.24, 2.45) is 5.11 Å². The molecule has 0 N–H and O–H groups in total. The molecule has 0 radical (unpaired) electrons. The number of hydrogen-bond donors (Lipinski definition) is 0. The molecule has 0 saturated carbocycles. The van der Waals surface area contributed by atoms with Crippen molar-refractivity contribution < 1.29 is 0 Å². The largest absolute Gasteiger partial charge is 0.179 e. The van der Waals surface area contributed by atoms with E-state index in [1.165, 1.54) is 0 Å². The summed E-state index contributed by atoms with van der Waals surface area (Å²) >= 11 is 0. The van der Waals surface area contributed by atoms with Gasteiger partial charge in [-0.3, -0.25) is 0 Å². The fourth-order valence-corrected chi connectivity index (χ4v) is 2.16. The van der Waals surface area contributed by atoms with Crippen molar-refractivity contribution in [2.45, 2.75) is 13.5 Å². The number of azide groups is 1. The van der Waals surface area contributed by atoms with Crippen molar-refractivity contribution in [3.8, 4) is 0 Å². The molecule has 20 heavy (non-hydrogen) atoms. The Kier molecular flexibility index (Phi) is 3.07. The molecule has 0 spiro atoms. The third kappa shape index (κ3) is 2.20. The van der Waals surface area contributed by atoms with Gasteiger partial charge in [0.05, 0.1) is 6.54 Å². The lowest BCUT2D eigenvalue weighted by molar-refractivity contribution is 0.600. The van der Waals surface area contributed by atoms with E-state index in [-0.39, 0.29) is 0 Å². The van der Waals surface area contributed by atoms with Gasteiger partial charge in [0.2, 0.25) is 0 Å². The van der Waals surface area contributed by atoms with E-state index in [2.05, 4.69) is 20.2 Å². The molecule has 0 fully saturated rings. The third-order valence-corrected chi connectivity index (χ3v) is 3.11. The van der Waals surface area contributed by atoms with Crippen molar-refractivity contribution in [1.29, 1.82) is 0 Å². The number of rotatable bonds is 3. The quantitative estimate of drug-likeness (QED) is 0.410. The second kappa shape index (κ2) is 5.03. The summed E-state index contributed by atoms with van der Waals surface area (Å²) in [6, 6.07) is 13.5. The standard InChI is InChI=1S/C14H12N6/c1-10-5-4-6-11(14(10)16-19-15)9-20-17-12-7-2-3-8-13(12)18-20/h2-8H,9H2,1H3. The molecule has 6 heteroatoms. The predicted octanol–water partition coefficient (Wildman–Crippen LogP) is 3.73. The summed E-state index contributed by atoms with van der Waals surface area (Å²) in [4.78, 5) is 4.51. The Morgan fingerprint density at radius 1 is 1.10 bits per heavy atom. The van der Waals surface area contributed by atoms with Crippen molar-refractivity contribution in [3.63, 3.8) is 0 Å². The van der Waals surface area contributed by atoms with E-state index in [9.17, 15) is 0 Å². The summed E-state index contributed by atoms with van der Waals surface area (Å²) in [6.07, 6.45) is 0. The van der Waals surface area contributed by atoms with Gasteiger partial charge in [0.25, 0.3) is 0 Å². The summed E-state index contributed by atoms with van der Waals surface area (Å²) in [5.41, 5.74) is 12.9. The van der Waals surface area contributed by atoms with Crippen LogP contribution in [0.3, 0.4) is 0 Å². The molecule has 1 aromatic heterocycles. The summed E-state index contributed by atoms with van der Waals surface area (Å²) < 4.78 is 0. The van der Waals surface area contributed by atoms with Crippen LogP contribution in [-0.4, -0.2) is 15.0 Å². The minimum Gasteiger partial charge on any atom is -0.179 e. The van der Waals surface area contributed by atoms with Crippen molar-refractivity contribution in [2.75, 3.05) is 0 Å². The summed E-state index contributed by atoms with van der Waals surface area (Å²) in [5, 5.41) is 12.6. The minimum absolute atomic E-state index is 0.477. The fourth-order valence-electron chi connectivity index (χ4n) is 2.16. The van der Waals surface area contributed by atoms with Gasteiger partial charge in [-0.15, -0.1) is 0 Å². The molecule has 0 aliphatic rings. The fraction of sp³-hybridized carbons (Fsp3) is 0.143. The van der Waals surface area contributed by atoms with E-state index in [0.29, 0.717) is 12.2 Å². The molecule has 0 unspecified atom stereocenters. The maximum absolute atomic E-state index is 8.67. The summed E-state index contributed by atoms with van der Waals surface area (Å²) in [5.74, 6) is 0. The van der Waals surface area contributed by atoms with Gasteiger partial charge in [0.1, 0.15) is 11.0 Å². The Morgan fingerprint density at radius 2 is 1.80 bits per heavy atom. The lowest BCUT2D eigenvalue weighted by Gasteiger charge is -2.07. The Labute approximate surface area is 115 Å². The lowest BCUT2D eigenvalue weighted by atomic mass is 10.1. The van der Waals surface area contributed by atoms with E-state index < -0.39 is 0 Å². The van der Waals surface area contributed by atoms with Gasteiger partial charge in [0, 0.05) is 10.6 Å². The Morgan fingerprint density at radius 3 is 2.45 bits per heavy atom. The number of benzene rings is 2. The van der Waals surface area contributed by atoms with Gasteiger partial charge in [-0.05, 0) is 35.7 Å². The highest BCUT2D eigenvalue weighted by Gasteiger charge is 2.07. The van der Waals surface area contributed by atoms with Crippen LogP contribution in [0.1, 0.15) is 11.1 Å². The van der Waals surface area contributed by atoms with Gasteiger partial charge in [-0.2, -0.15) is 15.0 Å². The molecule has 0 amide bonds. The van der Waals surface area contributed by atoms with Crippen LogP contribution in [0.2, 0.25) is 0 Å². The first-order valence-corrected chi connectivity index (χ1v) is 6.21. The monoisotopic (exact) mass is 264 g/mol. The molecule has 6 nitrogen and oxygen atoms in total. The molecule has 98 valence electrons. The molecule has 0 saturated heterocycles. The average Bonchev–Trinajstić information content (AvgIpc) is 2.85. The maximum atomic E-state index is 8.67. The van der Waals surface area contributed by atoms with Gasteiger partial charge < -0.3 is 0 Å². The first-order chi connectivity index (χ1) is 9.78. The zero-order chi connectivity index (χ0) is 13.9. The van der Waals surface area contributed by atoms with Crippen LogP contribution in [0.25, 0.3) is 21.5 Å². The molecular formula is C14H12N6. The van der Waals surface area contributed by atoms with E-state index >= 15 is 0 Å². The van der Waals surface area contributed by atoms with Crippen LogP contribution in [0.4, 0.5) is 5.69 Å². The molecule has 1 heterocycles. The third-order valence-electron chi connectivity index (χ3n) is 3.11. The van der Waals surface area contributed by atoms with Crippen molar-refractivity contribution >= 4 is 16.7 Å². The smallest absolute Gasteiger partial charge is 0.113 e. The zero-order valence-electron chi connectivity index (χ0n) is 10.9. The van der Waals surface area contributed by atoms with E-state index in [1.54, 1.807) is 4.80 Å². The zero-order valence-corrected chi connectivity index (χ0v) is 10.9. The topological polar surface area (TPSA) is 79.5 Å². The summed E-state index contributed by atoms with van der Waals surface area (Å²) in [7, 11) is 0. The highest BCUT2D eigenvalue weighted by Crippen LogP contribution is 2.24. The Bertz CT molecular complexity index is 780. The number of aryl methyl sites for hydroxylation is 1. The molecule has 0 atom stereocenters. The summed E-state index contributed by atoms with van der Waals surface area (Å²) in [6.45, 7) is 2.39. The highest BCUT2D eigenvalue weighted by atomic mass is 15.5. The SMILES string of the molecule is Cc1cccc(Cn2nc3ccccc3n2)c1N=[N+]=[N-]. The van der Waals surface area contributed by atoms with Crippen LogP contribution in [-0.2, 0) is 6.54 Å². The van der Waals surface area contributed by atoms with E-state index in [1.807, 2.05) is 49.4 Å². The van der Waals surface area contributed by atoms with Gasteiger partial charge in [-0.25, -0.2) is 0 Å². The van der Waals surface area contributed by atoms with Crippen LogP contribution in [0, 0.1) is 6.92 Å². The van der Waals surface area contributed by atoms with Crippen LogP contribution >= 0.6 is 0 Å². The molecule has 0 aliphatic heterocycles. The second-order valence-electron chi connectivity index (χ2n) is 4.49. The maximum Gasteiger partial charge on any atom is 0.113 e. The van der Waals surface area contributed by atoms with E-state index in [4.69, 9.17) is 5.53 Å². The molecule has 3 rings (SSSR count). The molecule has 0 aliphatic carbocycles. The first kappa shape index (κ1) is 12.2. The number of nitrogens with zero attached hydrogens (tertiary/aromatic N) is 6. The number of aromatic nitrogens is 3. The van der Waals surface area contributed by atoms with Gasteiger partial charge >= 0.3 is 0 Å². The molecule has 2 aromatic carbocycles. The number of hydrogen-bond acceptors (Lipinski definition) is 3. The minimum atomic E-state index is 0.477. The average molecular weight is 264 g/mol. The van der Waals surface area contributed by atoms with Gasteiger partial charge in [-0.1, -0.05) is 35.4 Å². The van der Waals surface area contributed by atoms with E-state index in [0.717, 1.165) is 22.2 Å². The lowest BCUT2D eigenvalue weighted by Crippen LogP contribution is -2.04. The van der Waals surface area contributed by atoms with Crippen molar-refractivity contribution in [3.05, 3.63) is 64.0 Å². The molecular weight excluding hydrogens is 252 g/mol. The second-order valence-corrected chi connectivity index (χ2v) is 4.49. The number of fused-ring (bicyclic) bond motifs is 1. The molecule has 3 aromatic rings. The van der Waals surface area contributed by atoms with Crippen LogP contribution in [0.5, 0.6) is 0 Å². The Hall–Kier alpha value is -2.85. The Balaban J connectivity index is 2.02. The van der Waals surface area contributed by atoms with Crippen LogP contribution < -0.4 is 0 Å². The van der Waals surface area contributed by atoms with Crippen molar-refractivity contribution in [1.82, 2.24) is 15.0 Å². The predicted molar refractivity (Wildman–Crippen MR) is 76.6 cm³/mol. The van der Waals surface area contributed by atoms with Crippen LogP contribution in [0.15, 0.2) is 47.6 Å². The van der Waals surface area contributed by atoms with Gasteiger partial charge in [0.15, 0.2) is 0 Å². The molecule has 0 bridgehead atoms. The first-order valence-electron chi connectivity index (χ1n) is 6.21.